The number of hydrogen-bond donors (Lipinski definition) is 3. The summed E-state index contributed by atoms with van der Waals surface area (Å²) in [6.45, 7) is 0.0364. The first-order valence-electron chi connectivity index (χ1n) is 11.7. The summed E-state index contributed by atoms with van der Waals surface area (Å²) in [5.74, 6) is -1.22. The number of rotatable bonds is 6. The predicted molar refractivity (Wildman–Crippen MR) is 148 cm³/mol. The molecule has 0 bridgehead atoms. The number of aromatic nitrogens is 1. The minimum Gasteiger partial charge on any atom is -0.356 e. The number of carbonyl (C=O) groups is 3. The molecule has 189 valence electrons. The Labute approximate surface area is 229 Å². The molecule has 0 fully saturated rings. The van der Waals surface area contributed by atoms with Gasteiger partial charge in [0.2, 0.25) is 0 Å². The molecule has 1 unspecified atom stereocenters. The third-order valence-corrected chi connectivity index (χ3v) is 6.74. The van der Waals surface area contributed by atoms with Gasteiger partial charge in [-0.3, -0.25) is 35.1 Å². The molecule has 5 rings (SSSR count). The van der Waals surface area contributed by atoms with Crippen LogP contribution >= 0.6 is 23.8 Å². The lowest BCUT2D eigenvalue weighted by molar-refractivity contribution is 0.0641. The third kappa shape index (κ3) is 5.20. The van der Waals surface area contributed by atoms with Crippen LogP contribution in [0.4, 0.5) is 0 Å². The maximum atomic E-state index is 13.0. The van der Waals surface area contributed by atoms with Gasteiger partial charge in [0.05, 0.1) is 17.2 Å². The fraction of sp³-hybridized carbons (Fsp3) is 0.107. The van der Waals surface area contributed by atoms with E-state index in [1.807, 2.05) is 18.2 Å². The molecule has 8 nitrogen and oxygen atoms in total. The number of nitrogens with zero attached hydrogens (tertiary/aromatic N) is 2. The number of thiocarbonyl (C=S) groups is 1. The Morgan fingerprint density at radius 2 is 1.71 bits per heavy atom. The number of pyridine rings is 1. The molecule has 0 spiro atoms. The van der Waals surface area contributed by atoms with Crippen LogP contribution in [0, 0.1) is 6.07 Å². The Hall–Kier alpha value is -4.34. The lowest BCUT2D eigenvalue weighted by Gasteiger charge is -2.25. The van der Waals surface area contributed by atoms with Crippen LogP contribution in [0.1, 0.15) is 36.8 Å². The highest BCUT2D eigenvalue weighted by Crippen LogP contribution is 2.24. The molecule has 1 aromatic heterocycles. The smallest absolute Gasteiger partial charge is 0.288 e. The van der Waals surface area contributed by atoms with Gasteiger partial charge in [0.15, 0.2) is 5.11 Å². The first-order valence-corrected chi connectivity index (χ1v) is 12.5. The summed E-state index contributed by atoms with van der Waals surface area (Å²) in [6, 6.07) is 23.5. The van der Waals surface area contributed by atoms with E-state index in [-0.39, 0.29) is 29.2 Å². The lowest BCUT2D eigenvalue weighted by Crippen LogP contribution is -2.53. The van der Waals surface area contributed by atoms with Crippen molar-refractivity contribution in [1.29, 1.82) is 0 Å². The highest BCUT2D eigenvalue weighted by atomic mass is 35.5. The van der Waals surface area contributed by atoms with Crippen LogP contribution < -0.4 is 16.2 Å². The average molecular weight is 543 g/mol. The normalized spacial score (nSPS) is 13.2. The van der Waals surface area contributed by atoms with Gasteiger partial charge in [-0.05, 0) is 66.0 Å². The Bertz CT molecular complexity index is 1540. The maximum absolute atomic E-state index is 13.0. The number of fused-ring (bicyclic) bond motifs is 2. The van der Waals surface area contributed by atoms with E-state index in [4.69, 9.17) is 23.8 Å². The molecule has 2 heterocycles. The van der Waals surface area contributed by atoms with E-state index in [1.165, 1.54) is 4.90 Å². The van der Waals surface area contributed by atoms with E-state index in [0.717, 1.165) is 10.9 Å². The quantitative estimate of drug-likeness (QED) is 0.194. The Kier molecular flexibility index (Phi) is 7.30. The first kappa shape index (κ1) is 25.3. The molecule has 3 N–H and O–H groups in total. The highest BCUT2D eigenvalue weighted by molar-refractivity contribution is 7.80. The van der Waals surface area contributed by atoms with E-state index in [9.17, 15) is 14.4 Å². The molecular formula is C28H21ClN5O3S. The van der Waals surface area contributed by atoms with E-state index in [1.54, 1.807) is 60.8 Å². The van der Waals surface area contributed by atoms with Crippen molar-refractivity contribution in [1.82, 2.24) is 26.1 Å². The van der Waals surface area contributed by atoms with Gasteiger partial charge in [0.1, 0.15) is 5.69 Å². The molecule has 0 saturated heterocycles. The summed E-state index contributed by atoms with van der Waals surface area (Å²) in [4.78, 5) is 44.1. The lowest BCUT2D eigenvalue weighted by atomic mass is 10.1. The summed E-state index contributed by atoms with van der Waals surface area (Å²) < 4.78 is 0. The number of imide groups is 1. The second kappa shape index (κ2) is 11.0. The zero-order chi connectivity index (χ0) is 26.6. The van der Waals surface area contributed by atoms with Gasteiger partial charge in [-0.25, -0.2) is 0 Å². The zero-order valence-corrected chi connectivity index (χ0v) is 21.5. The molecule has 3 amide bonds. The predicted octanol–water partition coefficient (Wildman–Crippen LogP) is 3.70. The second-order valence-electron chi connectivity index (χ2n) is 8.62. The minimum atomic E-state index is -0.500. The average Bonchev–Trinajstić information content (AvgIpc) is 3.17. The van der Waals surface area contributed by atoms with Crippen LogP contribution in [-0.4, -0.2) is 45.3 Å². The summed E-state index contributed by atoms with van der Waals surface area (Å²) in [6.07, 6.45) is 1.91. The fourth-order valence-corrected chi connectivity index (χ4v) is 4.78. The Morgan fingerprint density at radius 3 is 2.45 bits per heavy atom. The number of amides is 3. The van der Waals surface area contributed by atoms with Crippen LogP contribution in [0.2, 0.25) is 5.02 Å². The van der Waals surface area contributed by atoms with Crippen molar-refractivity contribution < 1.29 is 14.4 Å². The van der Waals surface area contributed by atoms with E-state index < -0.39 is 11.9 Å². The van der Waals surface area contributed by atoms with Crippen LogP contribution in [0.5, 0.6) is 0 Å². The molecule has 4 aromatic rings. The molecule has 1 aliphatic rings. The van der Waals surface area contributed by atoms with Crippen LogP contribution in [0.25, 0.3) is 10.8 Å². The zero-order valence-electron chi connectivity index (χ0n) is 19.9. The van der Waals surface area contributed by atoms with Crippen molar-refractivity contribution in [2.75, 3.05) is 6.54 Å². The van der Waals surface area contributed by atoms with E-state index >= 15 is 0 Å². The van der Waals surface area contributed by atoms with Gasteiger partial charge in [-0.2, -0.15) is 0 Å². The summed E-state index contributed by atoms with van der Waals surface area (Å²) in [7, 11) is 0. The molecule has 3 aromatic carbocycles. The van der Waals surface area contributed by atoms with Crippen LogP contribution in [-0.2, 0) is 6.42 Å². The number of hydrogen-bond acceptors (Lipinski definition) is 5. The van der Waals surface area contributed by atoms with Gasteiger partial charge in [-0.1, -0.05) is 54.1 Å². The van der Waals surface area contributed by atoms with E-state index in [2.05, 4.69) is 27.2 Å². The van der Waals surface area contributed by atoms with Crippen molar-refractivity contribution >= 4 is 57.4 Å². The third-order valence-electron chi connectivity index (χ3n) is 6.15. The first-order chi connectivity index (χ1) is 18.4. The van der Waals surface area contributed by atoms with Crippen molar-refractivity contribution in [3.63, 3.8) is 0 Å². The molecule has 0 aliphatic carbocycles. The number of carbonyl (C=O) groups excluding carboxylic acids is 3. The maximum Gasteiger partial charge on any atom is 0.288 e. The van der Waals surface area contributed by atoms with Gasteiger partial charge in [-0.15, -0.1) is 0 Å². The van der Waals surface area contributed by atoms with Crippen molar-refractivity contribution in [3.8, 4) is 0 Å². The van der Waals surface area contributed by atoms with Crippen molar-refractivity contribution in [2.24, 2.45) is 0 Å². The standard InChI is InChI=1S/C28H21ClN5O3S/c29-23-12-6-2-8-18(23)15-19(16-34-26(36)21-10-4-5-11-22(21)27(34)37)31-28(38)33-32-25(35)24-20-9-3-1-7-17(20)13-14-30-24/h2-14,19H,15-16H2,(H,32,35)(H2,31,33,38). The number of nitrogens with one attached hydrogen (secondary N) is 3. The Morgan fingerprint density at radius 1 is 1.00 bits per heavy atom. The molecule has 1 atom stereocenters. The van der Waals surface area contributed by atoms with Gasteiger partial charge < -0.3 is 5.32 Å². The monoisotopic (exact) mass is 542 g/mol. The van der Waals surface area contributed by atoms with Crippen LogP contribution in [0.15, 0.2) is 79.0 Å². The number of benzene rings is 3. The fourth-order valence-electron chi connectivity index (χ4n) is 4.35. The topological polar surface area (TPSA) is 103 Å². The molecule has 1 aliphatic heterocycles. The second-order valence-corrected chi connectivity index (χ2v) is 9.43. The minimum absolute atomic E-state index is 0.0364. The Balaban J connectivity index is 1.30. The van der Waals surface area contributed by atoms with Gasteiger partial charge >= 0.3 is 0 Å². The molecule has 38 heavy (non-hydrogen) atoms. The molecule has 10 heteroatoms. The van der Waals surface area contributed by atoms with Gasteiger partial charge in [0.25, 0.3) is 17.7 Å². The molecular weight excluding hydrogens is 522 g/mol. The molecule has 0 saturated carbocycles. The largest absolute Gasteiger partial charge is 0.356 e. The van der Waals surface area contributed by atoms with Crippen molar-refractivity contribution in [3.05, 3.63) is 112 Å². The summed E-state index contributed by atoms with van der Waals surface area (Å²) in [5.41, 5.74) is 7.02. The van der Waals surface area contributed by atoms with Crippen molar-refractivity contribution in [2.45, 2.75) is 12.5 Å². The molecule has 1 radical (unpaired) electrons. The summed E-state index contributed by atoms with van der Waals surface area (Å²) in [5, 5.41) is 5.25. The number of hydrazine groups is 1. The number of halogens is 1. The highest BCUT2D eigenvalue weighted by Gasteiger charge is 2.36. The SMILES string of the molecule is O=C(NNC(=S)NC(Cc1ccccc1Cl)CN1C(=O)c2ccccc2C1=O)c1nccc2c[c]ccc12. The van der Waals surface area contributed by atoms with E-state index in [0.29, 0.717) is 28.0 Å². The van der Waals surface area contributed by atoms with Crippen LogP contribution in [0.3, 0.4) is 0 Å². The van der Waals surface area contributed by atoms with Gasteiger partial charge in [0, 0.05) is 23.2 Å². The summed E-state index contributed by atoms with van der Waals surface area (Å²) >= 11 is 11.8.